The molecule has 0 unspecified atom stereocenters. The van der Waals surface area contributed by atoms with Gasteiger partial charge in [-0.25, -0.2) is 17.8 Å². The molecule has 1 amide bonds. The van der Waals surface area contributed by atoms with Gasteiger partial charge in [-0.2, -0.15) is 4.98 Å². The van der Waals surface area contributed by atoms with Gasteiger partial charge in [0.05, 0.1) is 23.7 Å². The predicted octanol–water partition coefficient (Wildman–Crippen LogP) is 3.24. The predicted molar refractivity (Wildman–Crippen MR) is 119 cm³/mol. The van der Waals surface area contributed by atoms with Crippen molar-refractivity contribution in [3.63, 3.8) is 0 Å². The first-order valence-corrected chi connectivity index (χ1v) is 11.6. The lowest BCUT2D eigenvalue weighted by atomic mass is 10.3. The summed E-state index contributed by atoms with van der Waals surface area (Å²) < 4.78 is 39.4. The second-order valence-electron chi connectivity index (χ2n) is 6.69. The first-order valence-electron chi connectivity index (χ1n) is 9.18. The number of hydrogen-bond donors (Lipinski definition) is 4. The zero-order chi connectivity index (χ0) is 22.6. The van der Waals surface area contributed by atoms with Gasteiger partial charge in [-0.05, 0) is 49.6 Å². The second-order valence-corrected chi connectivity index (χ2v) is 10.3. The van der Waals surface area contributed by atoms with Crippen molar-refractivity contribution < 1.29 is 17.6 Å². The summed E-state index contributed by atoms with van der Waals surface area (Å²) >= 11 is 1.05. The Kier molecular flexibility index (Phi) is 6.83. The van der Waals surface area contributed by atoms with Crippen molar-refractivity contribution in [3.8, 4) is 0 Å². The van der Waals surface area contributed by atoms with E-state index in [2.05, 4.69) is 25.9 Å². The molecule has 1 aromatic carbocycles. The molecule has 164 valence electrons. The Balaban J connectivity index is 1.79. The molecular weight excluding hydrogens is 443 g/mol. The molecule has 12 heteroatoms. The number of sulfone groups is 1. The minimum atomic E-state index is -3.53. The number of aromatic nitrogens is 2. The molecule has 9 nitrogen and oxygen atoms in total. The molecule has 2 heterocycles. The molecule has 0 fully saturated rings. The average molecular weight is 465 g/mol. The fourth-order valence-corrected chi connectivity index (χ4v) is 5.15. The first kappa shape index (κ1) is 22.6. The summed E-state index contributed by atoms with van der Waals surface area (Å²) in [6.45, 7) is 3.04. The third-order valence-electron chi connectivity index (χ3n) is 4.12. The summed E-state index contributed by atoms with van der Waals surface area (Å²) in [4.78, 5) is 19.3. The fourth-order valence-electron chi connectivity index (χ4n) is 2.44. The van der Waals surface area contributed by atoms with Crippen molar-refractivity contribution in [2.45, 2.75) is 23.3 Å². The van der Waals surface area contributed by atoms with Crippen LogP contribution in [-0.2, 0) is 14.6 Å². The van der Waals surface area contributed by atoms with E-state index in [1.54, 1.807) is 49.6 Å². The Labute approximate surface area is 182 Å². The molecule has 0 radical (unpaired) electrons. The molecular formula is C19H21FN6O3S2. The van der Waals surface area contributed by atoms with Gasteiger partial charge in [-0.3, -0.25) is 4.79 Å². The molecule has 2 aromatic heterocycles. The van der Waals surface area contributed by atoms with Gasteiger partial charge in [-0.1, -0.05) is 0 Å². The lowest BCUT2D eigenvalue weighted by Crippen LogP contribution is -2.21. The monoisotopic (exact) mass is 464 g/mol. The zero-order valence-corrected chi connectivity index (χ0v) is 18.3. The number of halogens is 1. The Bertz CT molecular complexity index is 1180. The lowest BCUT2D eigenvalue weighted by Gasteiger charge is -2.12. The molecule has 0 aliphatic rings. The molecule has 3 aromatic rings. The highest BCUT2D eigenvalue weighted by molar-refractivity contribution is 7.94. The number of thiophene rings is 1. The minimum Gasteiger partial charge on any atom is -0.336 e. The summed E-state index contributed by atoms with van der Waals surface area (Å²) in [6, 6.07) is 8.24. The van der Waals surface area contributed by atoms with Gasteiger partial charge in [-0.15, -0.1) is 11.3 Å². The molecule has 0 aliphatic heterocycles. The number of hydrogen-bond acceptors (Lipinski definition) is 9. The van der Waals surface area contributed by atoms with Crippen molar-refractivity contribution in [2.24, 2.45) is 5.73 Å². The maximum Gasteiger partial charge on any atom is 0.238 e. The molecule has 0 aliphatic carbocycles. The summed E-state index contributed by atoms with van der Waals surface area (Å²) in [5.41, 5.74) is 6.68. The molecule has 0 saturated heterocycles. The van der Waals surface area contributed by atoms with E-state index in [-0.39, 0.29) is 34.1 Å². The smallest absolute Gasteiger partial charge is 0.238 e. The van der Waals surface area contributed by atoms with Crippen LogP contribution in [0.3, 0.4) is 0 Å². The van der Waals surface area contributed by atoms with Crippen molar-refractivity contribution in [1.82, 2.24) is 9.97 Å². The van der Waals surface area contributed by atoms with Crippen molar-refractivity contribution in [1.29, 1.82) is 0 Å². The molecule has 31 heavy (non-hydrogen) atoms. The van der Waals surface area contributed by atoms with E-state index in [9.17, 15) is 17.6 Å². The lowest BCUT2D eigenvalue weighted by molar-refractivity contribution is -0.114. The van der Waals surface area contributed by atoms with Crippen LogP contribution in [0.5, 0.6) is 0 Å². The number of nitrogens with zero attached hydrogens (tertiary/aromatic N) is 2. The highest BCUT2D eigenvalue weighted by atomic mass is 32.2. The van der Waals surface area contributed by atoms with Crippen LogP contribution in [0.25, 0.3) is 0 Å². The fraction of sp³-hybridized carbons (Fsp3) is 0.211. The quantitative estimate of drug-likeness (QED) is 0.398. The molecule has 5 N–H and O–H groups in total. The normalized spacial score (nSPS) is 11.4. The van der Waals surface area contributed by atoms with E-state index in [1.165, 1.54) is 0 Å². The molecule has 0 bridgehead atoms. The number of benzene rings is 1. The van der Waals surface area contributed by atoms with Crippen LogP contribution in [0.4, 0.5) is 33.2 Å². The van der Waals surface area contributed by atoms with Gasteiger partial charge < -0.3 is 21.7 Å². The SMILES string of the molecule is CC(C)S(=O)(=O)c1sccc1Nc1nc(Nc2ccc(NC(=O)CN)cc2)ncc1F. The Morgan fingerprint density at radius 1 is 1.16 bits per heavy atom. The number of carbonyl (C=O) groups excluding carboxylic acids is 1. The van der Waals surface area contributed by atoms with Gasteiger partial charge in [0, 0.05) is 11.4 Å². The van der Waals surface area contributed by atoms with E-state index in [0.29, 0.717) is 11.4 Å². The van der Waals surface area contributed by atoms with Crippen LogP contribution in [0.15, 0.2) is 46.1 Å². The van der Waals surface area contributed by atoms with Crippen LogP contribution in [-0.4, -0.2) is 36.1 Å². The number of anilines is 5. The van der Waals surface area contributed by atoms with Gasteiger partial charge in [0.2, 0.25) is 11.9 Å². The van der Waals surface area contributed by atoms with Crippen LogP contribution in [0.2, 0.25) is 0 Å². The summed E-state index contributed by atoms with van der Waals surface area (Å²) in [7, 11) is -3.53. The van der Waals surface area contributed by atoms with Gasteiger partial charge in [0.25, 0.3) is 0 Å². The molecule has 0 atom stereocenters. The van der Waals surface area contributed by atoms with E-state index in [0.717, 1.165) is 17.5 Å². The topological polar surface area (TPSA) is 139 Å². The van der Waals surface area contributed by atoms with Crippen LogP contribution < -0.4 is 21.7 Å². The van der Waals surface area contributed by atoms with Crippen molar-refractivity contribution >= 4 is 55.9 Å². The number of nitrogens with two attached hydrogens (primary N) is 1. The summed E-state index contributed by atoms with van der Waals surface area (Å²) in [5.74, 6) is -1.11. The van der Waals surface area contributed by atoms with E-state index in [4.69, 9.17) is 5.73 Å². The molecule has 3 rings (SSSR count). The van der Waals surface area contributed by atoms with Crippen LogP contribution >= 0.6 is 11.3 Å². The largest absolute Gasteiger partial charge is 0.336 e. The van der Waals surface area contributed by atoms with Crippen LogP contribution in [0.1, 0.15) is 13.8 Å². The first-order chi connectivity index (χ1) is 14.7. The molecule has 0 saturated carbocycles. The van der Waals surface area contributed by atoms with Crippen LogP contribution in [0, 0.1) is 5.82 Å². The number of nitrogens with one attached hydrogen (secondary N) is 3. The Hall–Kier alpha value is -3.09. The van der Waals surface area contributed by atoms with E-state index >= 15 is 0 Å². The number of rotatable bonds is 8. The highest BCUT2D eigenvalue weighted by Crippen LogP contribution is 2.33. The average Bonchev–Trinajstić information content (AvgIpc) is 3.20. The summed E-state index contributed by atoms with van der Waals surface area (Å²) in [5, 5.41) is 9.29. The maximum atomic E-state index is 14.3. The highest BCUT2D eigenvalue weighted by Gasteiger charge is 2.25. The van der Waals surface area contributed by atoms with Gasteiger partial charge >= 0.3 is 0 Å². The molecule has 0 spiro atoms. The zero-order valence-electron chi connectivity index (χ0n) is 16.7. The second kappa shape index (κ2) is 9.37. The Morgan fingerprint density at radius 3 is 2.48 bits per heavy atom. The maximum absolute atomic E-state index is 14.3. The van der Waals surface area contributed by atoms with E-state index < -0.39 is 20.9 Å². The van der Waals surface area contributed by atoms with Gasteiger partial charge in [0.15, 0.2) is 21.5 Å². The Morgan fingerprint density at radius 2 is 1.84 bits per heavy atom. The third kappa shape index (κ3) is 5.34. The van der Waals surface area contributed by atoms with Crippen molar-refractivity contribution in [2.75, 3.05) is 22.5 Å². The number of amides is 1. The minimum absolute atomic E-state index is 0.103. The standard InChI is InChI=1S/C19H21FN6O3S2/c1-11(2)31(28,29)18-15(7-8-30-18)25-17-14(20)10-22-19(26-17)24-13-5-3-12(4-6-13)23-16(27)9-21/h3-8,10-11H,9,21H2,1-2H3,(H,23,27)(H2,22,24,25,26). The van der Waals surface area contributed by atoms with Gasteiger partial charge in [0.1, 0.15) is 4.21 Å². The summed E-state index contributed by atoms with van der Waals surface area (Å²) in [6.07, 6.45) is 0.983. The number of carbonyl (C=O) groups is 1. The van der Waals surface area contributed by atoms with E-state index in [1.807, 2.05) is 0 Å². The van der Waals surface area contributed by atoms with Crippen molar-refractivity contribution in [3.05, 3.63) is 47.7 Å². The third-order valence-corrected chi connectivity index (χ3v) is 7.79.